The first-order valence-electron chi connectivity index (χ1n) is 5.55. The van der Waals surface area contributed by atoms with Gasteiger partial charge >= 0.3 is 0 Å². The second-order valence-corrected chi connectivity index (χ2v) is 5.92. The Labute approximate surface area is 118 Å². The van der Waals surface area contributed by atoms with E-state index in [1.165, 1.54) is 17.0 Å². The first-order valence-corrected chi connectivity index (χ1v) is 7.16. The maximum atomic E-state index is 13.4. The molecule has 0 atom stereocenters. The number of nitrogen functional groups attached to an aromatic ring is 1. The summed E-state index contributed by atoms with van der Waals surface area (Å²) in [7, 11) is 0. The predicted octanol–water partition coefficient (Wildman–Crippen LogP) is 4.37. The molecule has 2 rings (SSSR count). The van der Waals surface area contributed by atoms with Gasteiger partial charge in [0.1, 0.15) is 18.2 Å². The summed E-state index contributed by atoms with van der Waals surface area (Å²) < 4.78 is 19.2. The Hall–Kier alpha value is -1.07. The molecule has 0 saturated heterocycles. The smallest absolute Gasteiger partial charge is 0.145 e. The van der Waals surface area contributed by atoms with Gasteiger partial charge in [0.15, 0.2) is 0 Å². The average molecular weight is 330 g/mol. The van der Waals surface area contributed by atoms with E-state index < -0.39 is 0 Å². The second kappa shape index (κ2) is 5.71. The number of anilines is 1. The zero-order valence-corrected chi connectivity index (χ0v) is 12.3. The first-order chi connectivity index (χ1) is 8.60. The van der Waals surface area contributed by atoms with E-state index in [4.69, 9.17) is 10.5 Å². The Kier molecular flexibility index (Phi) is 4.24. The molecule has 0 radical (unpaired) electrons. The molecule has 0 fully saturated rings. The third-order valence-electron chi connectivity index (χ3n) is 2.49. The van der Waals surface area contributed by atoms with Crippen LogP contribution >= 0.6 is 27.3 Å². The van der Waals surface area contributed by atoms with E-state index in [9.17, 15) is 4.39 Å². The van der Waals surface area contributed by atoms with Crippen LogP contribution in [0, 0.1) is 5.82 Å². The van der Waals surface area contributed by atoms with Crippen LogP contribution in [0.5, 0.6) is 5.75 Å². The van der Waals surface area contributed by atoms with Crippen molar-refractivity contribution < 1.29 is 9.13 Å². The Morgan fingerprint density at radius 1 is 1.33 bits per heavy atom. The topological polar surface area (TPSA) is 35.2 Å². The molecule has 18 heavy (non-hydrogen) atoms. The van der Waals surface area contributed by atoms with E-state index in [0.29, 0.717) is 22.5 Å². The summed E-state index contributed by atoms with van der Waals surface area (Å²) >= 11 is 4.78. The minimum atomic E-state index is -0.375. The van der Waals surface area contributed by atoms with Crippen molar-refractivity contribution in [3.8, 4) is 5.75 Å². The summed E-state index contributed by atoms with van der Waals surface area (Å²) in [6.07, 6.45) is 1.01. The molecule has 2 aromatic rings. The largest absolute Gasteiger partial charge is 0.486 e. The average Bonchev–Trinajstić information content (AvgIpc) is 2.80. The fraction of sp³-hybridized carbons (Fsp3) is 0.231. The third-order valence-corrected chi connectivity index (χ3v) is 4.30. The van der Waals surface area contributed by atoms with E-state index >= 15 is 0 Å². The number of benzene rings is 1. The number of ether oxygens (including phenoxy) is 1. The first kappa shape index (κ1) is 13.4. The van der Waals surface area contributed by atoms with Crippen molar-refractivity contribution >= 4 is 33.0 Å². The van der Waals surface area contributed by atoms with Gasteiger partial charge in [0.25, 0.3) is 0 Å². The quantitative estimate of drug-likeness (QED) is 0.845. The molecule has 96 valence electrons. The summed E-state index contributed by atoms with van der Waals surface area (Å²) in [5, 5.41) is 0. The van der Waals surface area contributed by atoms with Gasteiger partial charge < -0.3 is 10.5 Å². The number of hydrogen-bond acceptors (Lipinski definition) is 3. The van der Waals surface area contributed by atoms with Crippen LogP contribution in [-0.2, 0) is 13.0 Å². The van der Waals surface area contributed by atoms with Gasteiger partial charge in [0.2, 0.25) is 0 Å². The van der Waals surface area contributed by atoms with Gasteiger partial charge in [-0.1, -0.05) is 6.92 Å². The van der Waals surface area contributed by atoms with E-state index in [-0.39, 0.29) is 5.82 Å². The molecule has 0 amide bonds. The molecule has 1 aromatic carbocycles. The molecular weight excluding hydrogens is 317 g/mol. The second-order valence-electron chi connectivity index (χ2n) is 3.81. The molecule has 0 saturated carbocycles. The molecule has 2 nitrogen and oxygen atoms in total. The number of rotatable bonds is 4. The van der Waals surface area contributed by atoms with E-state index in [2.05, 4.69) is 28.9 Å². The van der Waals surface area contributed by atoms with Gasteiger partial charge in [-0.2, -0.15) is 0 Å². The maximum absolute atomic E-state index is 13.4. The Morgan fingerprint density at radius 3 is 2.72 bits per heavy atom. The van der Waals surface area contributed by atoms with Crippen molar-refractivity contribution in [2.45, 2.75) is 20.0 Å². The lowest BCUT2D eigenvalue weighted by molar-refractivity contribution is 0.310. The Morgan fingerprint density at radius 2 is 2.06 bits per heavy atom. The van der Waals surface area contributed by atoms with Crippen LogP contribution < -0.4 is 10.5 Å². The Balaban J connectivity index is 2.08. The van der Waals surface area contributed by atoms with Gasteiger partial charge in [-0.05, 0) is 40.5 Å². The zero-order chi connectivity index (χ0) is 13.1. The van der Waals surface area contributed by atoms with Crippen LogP contribution in [0.15, 0.2) is 28.7 Å². The molecule has 0 aliphatic carbocycles. The van der Waals surface area contributed by atoms with Crippen molar-refractivity contribution in [1.82, 2.24) is 0 Å². The Bertz CT molecular complexity index is 556. The van der Waals surface area contributed by atoms with Gasteiger partial charge in [0, 0.05) is 15.8 Å². The number of nitrogens with two attached hydrogens (primary N) is 1. The fourth-order valence-electron chi connectivity index (χ4n) is 1.51. The highest BCUT2D eigenvalue weighted by Gasteiger charge is 2.08. The molecule has 0 unspecified atom stereocenters. The lowest BCUT2D eigenvalue weighted by Crippen LogP contribution is -1.98. The highest BCUT2D eigenvalue weighted by molar-refractivity contribution is 9.10. The molecule has 2 N–H and O–H groups in total. The van der Waals surface area contributed by atoms with Crippen molar-refractivity contribution in [1.29, 1.82) is 0 Å². The zero-order valence-electron chi connectivity index (χ0n) is 9.87. The fourth-order valence-corrected chi connectivity index (χ4v) is 2.74. The van der Waals surface area contributed by atoms with Crippen molar-refractivity contribution in [2.24, 2.45) is 0 Å². The lowest BCUT2D eigenvalue weighted by atomic mass is 10.3. The minimum Gasteiger partial charge on any atom is -0.486 e. The van der Waals surface area contributed by atoms with E-state index in [0.717, 1.165) is 11.3 Å². The molecule has 0 aliphatic rings. The van der Waals surface area contributed by atoms with Crippen molar-refractivity contribution in [2.75, 3.05) is 5.73 Å². The monoisotopic (exact) mass is 329 g/mol. The SMILES string of the molecule is CCc1ccc(COc2cc(F)c(Br)cc2N)s1. The molecule has 1 aromatic heterocycles. The van der Waals surface area contributed by atoms with Crippen LogP contribution in [-0.4, -0.2) is 0 Å². The lowest BCUT2D eigenvalue weighted by Gasteiger charge is -2.08. The normalized spacial score (nSPS) is 10.6. The van der Waals surface area contributed by atoms with Crippen LogP contribution in [0.3, 0.4) is 0 Å². The van der Waals surface area contributed by atoms with Gasteiger partial charge in [-0.3, -0.25) is 0 Å². The molecular formula is C13H13BrFNOS. The summed E-state index contributed by atoms with van der Waals surface area (Å²) in [5.41, 5.74) is 6.19. The summed E-state index contributed by atoms with van der Waals surface area (Å²) in [6.45, 7) is 2.52. The summed E-state index contributed by atoms with van der Waals surface area (Å²) in [6, 6.07) is 6.91. The molecule has 5 heteroatoms. The highest BCUT2D eigenvalue weighted by atomic mass is 79.9. The number of halogens is 2. The number of thiophene rings is 1. The van der Waals surface area contributed by atoms with Crippen LogP contribution in [0.2, 0.25) is 0 Å². The minimum absolute atomic E-state index is 0.344. The van der Waals surface area contributed by atoms with Gasteiger partial charge in [-0.25, -0.2) is 4.39 Å². The highest BCUT2D eigenvalue weighted by Crippen LogP contribution is 2.29. The maximum Gasteiger partial charge on any atom is 0.145 e. The molecule has 0 spiro atoms. The third kappa shape index (κ3) is 3.03. The predicted molar refractivity (Wildman–Crippen MR) is 76.5 cm³/mol. The number of aryl methyl sites for hydroxylation is 1. The van der Waals surface area contributed by atoms with E-state index in [1.807, 2.05) is 6.07 Å². The standard InChI is InChI=1S/C13H13BrFNOS/c1-2-8-3-4-9(18-8)7-17-13-6-11(15)10(14)5-12(13)16/h3-6H,2,7,16H2,1H3. The van der Waals surface area contributed by atoms with Crippen molar-refractivity contribution in [3.63, 3.8) is 0 Å². The molecule has 0 aliphatic heterocycles. The summed E-state index contributed by atoms with van der Waals surface area (Å²) in [4.78, 5) is 2.41. The van der Waals surface area contributed by atoms with E-state index in [1.54, 1.807) is 11.3 Å². The van der Waals surface area contributed by atoms with Gasteiger partial charge in [0.05, 0.1) is 10.2 Å². The van der Waals surface area contributed by atoms with Gasteiger partial charge in [-0.15, -0.1) is 11.3 Å². The van der Waals surface area contributed by atoms with Crippen LogP contribution in [0.4, 0.5) is 10.1 Å². The number of hydrogen-bond donors (Lipinski definition) is 1. The van der Waals surface area contributed by atoms with Crippen LogP contribution in [0.1, 0.15) is 16.7 Å². The van der Waals surface area contributed by atoms with Crippen molar-refractivity contribution in [3.05, 3.63) is 44.3 Å². The summed E-state index contributed by atoms with van der Waals surface area (Å²) in [5.74, 6) is 0.00164. The molecule has 0 bridgehead atoms. The van der Waals surface area contributed by atoms with Crippen LogP contribution in [0.25, 0.3) is 0 Å². The molecule has 1 heterocycles.